The first-order chi connectivity index (χ1) is 12.1. The summed E-state index contributed by atoms with van der Waals surface area (Å²) in [6.45, 7) is 5.03. The summed E-state index contributed by atoms with van der Waals surface area (Å²) in [7, 11) is 3.88. The lowest BCUT2D eigenvalue weighted by molar-refractivity contribution is -0.127. The monoisotopic (exact) mass is 341 g/mol. The predicted molar refractivity (Wildman–Crippen MR) is 97.0 cm³/mol. The third-order valence-corrected chi connectivity index (χ3v) is 5.18. The van der Waals surface area contributed by atoms with E-state index in [-0.39, 0.29) is 18.0 Å². The highest BCUT2D eigenvalue weighted by Gasteiger charge is 2.38. The first kappa shape index (κ1) is 17.6. The lowest BCUT2D eigenvalue weighted by Crippen LogP contribution is -2.35. The summed E-state index contributed by atoms with van der Waals surface area (Å²) >= 11 is 0. The molecule has 1 aliphatic heterocycles. The van der Waals surface area contributed by atoms with Crippen LogP contribution in [-0.4, -0.2) is 38.7 Å². The summed E-state index contributed by atoms with van der Waals surface area (Å²) in [5, 5.41) is 8.27. The largest absolute Gasteiger partial charge is 0.337 e. The van der Waals surface area contributed by atoms with Crippen molar-refractivity contribution in [2.45, 2.75) is 51.7 Å². The Hall–Kier alpha value is -2.21. The molecule has 2 aromatic rings. The topological polar surface area (TPSA) is 63.1 Å². The Labute approximate surface area is 149 Å². The van der Waals surface area contributed by atoms with Crippen molar-refractivity contribution in [1.82, 2.24) is 25.0 Å². The Morgan fingerprint density at radius 1 is 1.28 bits per heavy atom. The fourth-order valence-corrected chi connectivity index (χ4v) is 3.89. The molecular formula is C19H27N5O. The van der Waals surface area contributed by atoms with Gasteiger partial charge in [-0.3, -0.25) is 14.5 Å². The van der Waals surface area contributed by atoms with Gasteiger partial charge in [0, 0.05) is 56.8 Å². The standard InChI is InChI=1S/C19H27N5O/c1-5-15-14(17(6-2)24(4)22-15)12-21-16-10-18(25)23(3)19(16)13-8-7-9-20-11-13/h7-9,11,16,19,21H,5-6,10,12H2,1-4H3/t16-,19+/m1/s1. The van der Waals surface area contributed by atoms with Gasteiger partial charge in [0.25, 0.3) is 0 Å². The van der Waals surface area contributed by atoms with Crippen LogP contribution in [0.5, 0.6) is 0 Å². The zero-order valence-corrected chi connectivity index (χ0v) is 15.5. The van der Waals surface area contributed by atoms with E-state index in [0.29, 0.717) is 6.42 Å². The second-order valence-electron chi connectivity index (χ2n) is 6.63. The number of aromatic nitrogens is 3. The molecular weight excluding hydrogens is 314 g/mol. The van der Waals surface area contributed by atoms with E-state index in [4.69, 9.17) is 0 Å². The van der Waals surface area contributed by atoms with Crippen LogP contribution in [-0.2, 0) is 31.2 Å². The summed E-state index contributed by atoms with van der Waals surface area (Å²) in [4.78, 5) is 18.3. The van der Waals surface area contributed by atoms with E-state index in [1.54, 1.807) is 6.20 Å². The predicted octanol–water partition coefficient (Wildman–Crippen LogP) is 2.00. The molecule has 6 heteroatoms. The van der Waals surface area contributed by atoms with Gasteiger partial charge in [-0.05, 0) is 24.5 Å². The van der Waals surface area contributed by atoms with Crippen molar-refractivity contribution in [2.75, 3.05) is 7.05 Å². The first-order valence-corrected chi connectivity index (χ1v) is 8.99. The van der Waals surface area contributed by atoms with Crippen LogP contribution in [0.4, 0.5) is 0 Å². The summed E-state index contributed by atoms with van der Waals surface area (Å²) in [6, 6.07) is 4.07. The molecule has 3 rings (SSSR count). The van der Waals surface area contributed by atoms with E-state index < -0.39 is 0 Å². The number of nitrogens with zero attached hydrogens (tertiary/aromatic N) is 4. The minimum atomic E-state index is 0.0213. The number of likely N-dealkylation sites (tertiary alicyclic amines) is 1. The molecule has 1 N–H and O–H groups in total. The Morgan fingerprint density at radius 2 is 2.08 bits per heavy atom. The third kappa shape index (κ3) is 3.31. The Kier molecular flexibility index (Phi) is 5.18. The number of nitrogens with one attached hydrogen (secondary N) is 1. The van der Waals surface area contributed by atoms with Crippen LogP contribution in [0.2, 0.25) is 0 Å². The minimum Gasteiger partial charge on any atom is -0.337 e. The van der Waals surface area contributed by atoms with Crippen molar-refractivity contribution in [3.05, 3.63) is 47.0 Å². The van der Waals surface area contributed by atoms with Crippen LogP contribution in [0.15, 0.2) is 24.5 Å². The molecule has 0 spiro atoms. The van der Waals surface area contributed by atoms with E-state index in [1.807, 2.05) is 42.0 Å². The van der Waals surface area contributed by atoms with Crippen molar-refractivity contribution < 1.29 is 4.79 Å². The molecule has 0 aromatic carbocycles. The Morgan fingerprint density at radius 3 is 2.72 bits per heavy atom. The highest BCUT2D eigenvalue weighted by atomic mass is 16.2. The Balaban J connectivity index is 1.81. The molecule has 3 heterocycles. The zero-order valence-electron chi connectivity index (χ0n) is 15.5. The number of rotatable bonds is 6. The van der Waals surface area contributed by atoms with Crippen molar-refractivity contribution in [3.63, 3.8) is 0 Å². The van der Waals surface area contributed by atoms with Gasteiger partial charge in [-0.15, -0.1) is 0 Å². The molecule has 2 aromatic heterocycles. The van der Waals surface area contributed by atoms with Crippen molar-refractivity contribution in [2.24, 2.45) is 7.05 Å². The summed E-state index contributed by atoms with van der Waals surface area (Å²) < 4.78 is 1.99. The van der Waals surface area contributed by atoms with E-state index in [2.05, 4.69) is 29.2 Å². The van der Waals surface area contributed by atoms with Gasteiger partial charge >= 0.3 is 0 Å². The SMILES string of the molecule is CCc1nn(C)c(CC)c1CN[C@@H]1CC(=O)N(C)[C@H]1c1cccnc1. The molecule has 0 unspecified atom stereocenters. The molecule has 1 saturated heterocycles. The van der Waals surface area contributed by atoms with E-state index in [1.165, 1.54) is 11.3 Å². The maximum Gasteiger partial charge on any atom is 0.224 e. The average Bonchev–Trinajstić information content (AvgIpc) is 3.09. The quantitative estimate of drug-likeness (QED) is 0.873. The van der Waals surface area contributed by atoms with E-state index >= 15 is 0 Å². The molecule has 25 heavy (non-hydrogen) atoms. The molecule has 0 aliphatic carbocycles. The number of carbonyl (C=O) groups excluding carboxylic acids is 1. The van der Waals surface area contributed by atoms with Gasteiger partial charge in [0.2, 0.25) is 5.91 Å². The van der Waals surface area contributed by atoms with Gasteiger partial charge in [-0.25, -0.2) is 0 Å². The van der Waals surface area contributed by atoms with Gasteiger partial charge in [0.1, 0.15) is 0 Å². The zero-order chi connectivity index (χ0) is 18.0. The van der Waals surface area contributed by atoms with Crippen LogP contribution in [0.1, 0.15) is 48.8 Å². The van der Waals surface area contributed by atoms with Crippen LogP contribution in [0.3, 0.4) is 0 Å². The molecule has 0 saturated carbocycles. The van der Waals surface area contributed by atoms with Crippen LogP contribution >= 0.6 is 0 Å². The van der Waals surface area contributed by atoms with Gasteiger partial charge in [-0.2, -0.15) is 5.10 Å². The smallest absolute Gasteiger partial charge is 0.224 e. The summed E-state index contributed by atoms with van der Waals surface area (Å²) in [5.41, 5.74) is 4.76. The van der Waals surface area contributed by atoms with Crippen LogP contribution < -0.4 is 5.32 Å². The van der Waals surface area contributed by atoms with Gasteiger partial charge in [0.15, 0.2) is 0 Å². The normalized spacial score (nSPS) is 20.5. The number of hydrogen-bond acceptors (Lipinski definition) is 4. The molecule has 134 valence electrons. The second-order valence-corrected chi connectivity index (χ2v) is 6.63. The first-order valence-electron chi connectivity index (χ1n) is 8.99. The molecule has 1 aliphatic rings. The average molecular weight is 341 g/mol. The van der Waals surface area contributed by atoms with Crippen molar-refractivity contribution in [3.8, 4) is 0 Å². The molecule has 1 amide bonds. The number of carbonyl (C=O) groups is 1. The number of amides is 1. The third-order valence-electron chi connectivity index (χ3n) is 5.18. The van der Waals surface area contributed by atoms with Gasteiger partial charge < -0.3 is 10.2 Å². The molecule has 0 bridgehead atoms. The van der Waals surface area contributed by atoms with Gasteiger partial charge in [-0.1, -0.05) is 19.9 Å². The lowest BCUT2D eigenvalue weighted by atomic mass is 10.0. The maximum atomic E-state index is 12.3. The molecule has 1 fully saturated rings. The van der Waals surface area contributed by atoms with Gasteiger partial charge in [0.05, 0.1) is 11.7 Å². The molecule has 0 radical (unpaired) electrons. The fourth-order valence-electron chi connectivity index (χ4n) is 3.89. The molecule has 6 nitrogen and oxygen atoms in total. The number of hydrogen-bond donors (Lipinski definition) is 1. The summed E-state index contributed by atoms with van der Waals surface area (Å²) in [5.74, 6) is 0.170. The Bertz CT molecular complexity index is 740. The summed E-state index contributed by atoms with van der Waals surface area (Å²) in [6.07, 6.45) is 6.00. The lowest BCUT2D eigenvalue weighted by Gasteiger charge is -2.26. The highest BCUT2D eigenvalue weighted by molar-refractivity contribution is 5.80. The maximum absolute atomic E-state index is 12.3. The van der Waals surface area contributed by atoms with E-state index in [0.717, 1.165) is 30.6 Å². The molecule has 2 atom stereocenters. The van der Waals surface area contributed by atoms with E-state index in [9.17, 15) is 4.79 Å². The fraction of sp³-hybridized carbons (Fsp3) is 0.526. The second kappa shape index (κ2) is 7.35. The van der Waals surface area contributed by atoms with Crippen molar-refractivity contribution >= 4 is 5.91 Å². The van der Waals surface area contributed by atoms with Crippen LogP contribution in [0.25, 0.3) is 0 Å². The number of likely N-dealkylation sites (N-methyl/N-ethyl adjacent to an activating group) is 1. The van der Waals surface area contributed by atoms with Crippen molar-refractivity contribution in [1.29, 1.82) is 0 Å². The van der Waals surface area contributed by atoms with Crippen LogP contribution in [0, 0.1) is 0 Å². The minimum absolute atomic E-state index is 0.0213. The highest BCUT2D eigenvalue weighted by Crippen LogP contribution is 2.31. The number of aryl methyl sites for hydroxylation is 2. The number of pyridine rings is 1.